The van der Waals surface area contributed by atoms with Gasteiger partial charge in [-0.1, -0.05) is 25.6 Å². The Labute approximate surface area is 140 Å². The van der Waals surface area contributed by atoms with Crippen molar-refractivity contribution in [3.05, 3.63) is 28.2 Å². The van der Waals surface area contributed by atoms with E-state index in [1.807, 2.05) is 27.7 Å². The van der Waals surface area contributed by atoms with Crippen LogP contribution >= 0.6 is 0 Å². The molecule has 23 heavy (non-hydrogen) atoms. The van der Waals surface area contributed by atoms with Crippen LogP contribution in [0.2, 0.25) is 19.6 Å². The molecule has 0 N–H and O–H groups in total. The Balaban J connectivity index is 2.45. The van der Waals surface area contributed by atoms with Gasteiger partial charge in [-0.25, -0.2) is 0 Å². The molecule has 1 aliphatic heterocycles. The van der Waals surface area contributed by atoms with Gasteiger partial charge in [0.05, 0.1) is 16.8 Å². The van der Waals surface area contributed by atoms with Crippen molar-refractivity contribution in [1.82, 2.24) is 4.57 Å². The van der Waals surface area contributed by atoms with E-state index in [2.05, 4.69) is 31.1 Å². The van der Waals surface area contributed by atoms with Crippen LogP contribution in [0.15, 0.2) is 17.1 Å². The summed E-state index contributed by atoms with van der Waals surface area (Å²) in [5, 5.41) is 0. The third-order valence-electron chi connectivity index (χ3n) is 4.30. The average molecular weight is 331 g/mol. The molecule has 0 spiro atoms. The molecule has 1 aromatic heterocycles. The van der Waals surface area contributed by atoms with E-state index < -0.39 is 26.4 Å². The quantitative estimate of drug-likeness (QED) is 0.583. The molecule has 0 amide bonds. The number of pyridine rings is 1. The van der Waals surface area contributed by atoms with Gasteiger partial charge in [-0.05, 0) is 33.8 Å². The van der Waals surface area contributed by atoms with Gasteiger partial charge in [-0.15, -0.1) is 5.54 Å². The molecular weight excluding hydrogens is 305 g/mol. The van der Waals surface area contributed by atoms with Crippen molar-refractivity contribution < 1.29 is 9.31 Å². The first-order valence-corrected chi connectivity index (χ1v) is 11.4. The van der Waals surface area contributed by atoms with Crippen LogP contribution in [0.4, 0.5) is 0 Å². The van der Waals surface area contributed by atoms with Gasteiger partial charge in [-0.3, -0.25) is 4.79 Å². The van der Waals surface area contributed by atoms with E-state index in [1.54, 1.807) is 23.9 Å². The van der Waals surface area contributed by atoms with E-state index in [4.69, 9.17) is 9.31 Å². The summed E-state index contributed by atoms with van der Waals surface area (Å²) in [7, 11) is -0.301. The summed E-state index contributed by atoms with van der Waals surface area (Å²) in [4.78, 5) is 12.3. The molecule has 6 heteroatoms. The lowest BCUT2D eigenvalue weighted by molar-refractivity contribution is 0.00578. The number of hydrogen-bond acceptors (Lipinski definition) is 3. The van der Waals surface area contributed by atoms with Gasteiger partial charge in [0.25, 0.3) is 5.56 Å². The number of hydrogen-bond donors (Lipinski definition) is 0. The van der Waals surface area contributed by atoms with Gasteiger partial charge in [0.15, 0.2) is 0 Å². The zero-order valence-corrected chi connectivity index (χ0v) is 16.4. The summed E-state index contributed by atoms with van der Waals surface area (Å²) in [6, 6.07) is 1.80. The van der Waals surface area contributed by atoms with E-state index in [9.17, 15) is 4.79 Å². The Bertz CT molecular complexity index is 719. The fraction of sp³-hybridized carbons (Fsp3) is 0.588. The van der Waals surface area contributed by atoms with Crippen molar-refractivity contribution in [2.24, 2.45) is 7.05 Å². The third kappa shape index (κ3) is 3.80. The second-order valence-corrected chi connectivity index (χ2v) is 12.9. The highest BCUT2D eigenvalue weighted by Gasteiger charge is 2.51. The number of aromatic nitrogens is 1. The maximum Gasteiger partial charge on any atom is 0.496 e. The van der Waals surface area contributed by atoms with Crippen LogP contribution < -0.4 is 11.0 Å². The average Bonchev–Trinajstić information content (AvgIpc) is 2.59. The maximum absolute atomic E-state index is 12.3. The monoisotopic (exact) mass is 331 g/mol. The van der Waals surface area contributed by atoms with Gasteiger partial charge in [0.1, 0.15) is 8.07 Å². The molecule has 0 atom stereocenters. The minimum Gasteiger partial charge on any atom is -0.399 e. The molecule has 2 heterocycles. The predicted octanol–water partition coefficient (Wildman–Crippen LogP) is 1.91. The van der Waals surface area contributed by atoms with Crippen molar-refractivity contribution >= 4 is 20.7 Å². The highest BCUT2D eigenvalue weighted by molar-refractivity contribution is 6.83. The summed E-state index contributed by atoms with van der Waals surface area (Å²) in [5.41, 5.74) is 3.68. The molecule has 4 nitrogen and oxygen atoms in total. The SMILES string of the molecule is Cn1cc(B2OC(C)(C)C(C)(C)O2)cc(C#C[Si](C)(C)C)c1=O. The number of rotatable bonds is 1. The molecular formula is C17H26BNO3Si. The van der Waals surface area contributed by atoms with Crippen molar-refractivity contribution in [3.63, 3.8) is 0 Å². The number of nitrogens with zero attached hydrogens (tertiary/aromatic N) is 1. The number of aryl methyl sites for hydroxylation is 1. The second kappa shape index (κ2) is 5.66. The highest BCUT2D eigenvalue weighted by atomic mass is 28.3. The molecule has 1 fully saturated rings. The van der Waals surface area contributed by atoms with Crippen LogP contribution in [0, 0.1) is 11.5 Å². The van der Waals surface area contributed by atoms with E-state index in [0.29, 0.717) is 5.56 Å². The summed E-state index contributed by atoms with van der Waals surface area (Å²) in [6.45, 7) is 14.5. The van der Waals surface area contributed by atoms with Gasteiger partial charge in [0, 0.05) is 18.7 Å². The largest absolute Gasteiger partial charge is 0.496 e. The molecule has 1 saturated heterocycles. The van der Waals surface area contributed by atoms with Crippen molar-refractivity contribution in [2.45, 2.75) is 58.5 Å². The topological polar surface area (TPSA) is 40.5 Å². The molecule has 0 aliphatic carbocycles. The van der Waals surface area contributed by atoms with Crippen molar-refractivity contribution in [3.8, 4) is 11.5 Å². The first kappa shape index (κ1) is 18.1. The Morgan fingerprint density at radius 3 is 2.13 bits per heavy atom. The summed E-state index contributed by atoms with van der Waals surface area (Å²) < 4.78 is 13.7. The van der Waals surface area contributed by atoms with Crippen LogP contribution in [0.25, 0.3) is 0 Å². The molecule has 0 radical (unpaired) electrons. The van der Waals surface area contributed by atoms with Crippen LogP contribution in [-0.4, -0.2) is 31.0 Å². The fourth-order valence-electron chi connectivity index (χ4n) is 2.19. The summed E-state index contributed by atoms with van der Waals surface area (Å²) in [5.74, 6) is 3.07. The molecule has 1 aromatic rings. The zero-order valence-electron chi connectivity index (χ0n) is 15.4. The molecule has 0 unspecified atom stereocenters. The lowest BCUT2D eigenvalue weighted by atomic mass is 9.79. The van der Waals surface area contributed by atoms with Gasteiger partial charge in [0.2, 0.25) is 0 Å². The Morgan fingerprint density at radius 1 is 1.13 bits per heavy atom. The normalized spacial score (nSPS) is 19.4. The van der Waals surface area contributed by atoms with Crippen molar-refractivity contribution in [1.29, 1.82) is 0 Å². The molecule has 1 aliphatic rings. The highest BCUT2D eigenvalue weighted by Crippen LogP contribution is 2.36. The molecule has 2 rings (SSSR count). The van der Waals surface area contributed by atoms with Crippen molar-refractivity contribution in [2.75, 3.05) is 0 Å². The van der Waals surface area contributed by atoms with E-state index in [-0.39, 0.29) is 5.56 Å². The van der Waals surface area contributed by atoms with Crippen LogP contribution in [0.3, 0.4) is 0 Å². The van der Waals surface area contributed by atoms with E-state index >= 15 is 0 Å². The fourth-order valence-corrected chi connectivity index (χ4v) is 2.70. The second-order valence-electron chi connectivity index (χ2n) is 8.19. The van der Waals surface area contributed by atoms with Crippen LogP contribution in [0.5, 0.6) is 0 Å². The Morgan fingerprint density at radius 2 is 1.65 bits per heavy atom. The molecule has 0 aromatic carbocycles. The summed E-state index contributed by atoms with van der Waals surface area (Å²) >= 11 is 0. The zero-order chi connectivity index (χ0) is 17.6. The van der Waals surface area contributed by atoms with E-state index in [1.165, 1.54) is 0 Å². The Hall–Kier alpha value is -1.29. The maximum atomic E-state index is 12.3. The van der Waals surface area contributed by atoms with Gasteiger partial charge < -0.3 is 13.9 Å². The predicted molar refractivity (Wildman–Crippen MR) is 97.6 cm³/mol. The lowest BCUT2D eigenvalue weighted by Crippen LogP contribution is -2.41. The lowest BCUT2D eigenvalue weighted by Gasteiger charge is -2.32. The minimum absolute atomic E-state index is 0.0870. The minimum atomic E-state index is -1.55. The first-order valence-electron chi connectivity index (χ1n) is 7.92. The summed E-state index contributed by atoms with van der Waals surface area (Å²) in [6.07, 6.45) is 1.77. The van der Waals surface area contributed by atoms with Crippen LogP contribution in [-0.2, 0) is 16.4 Å². The smallest absolute Gasteiger partial charge is 0.399 e. The van der Waals surface area contributed by atoms with E-state index in [0.717, 1.165) is 5.46 Å². The first-order chi connectivity index (χ1) is 10.3. The van der Waals surface area contributed by atoms with Gasteiger partial charge in [-0.2, -0.15) is 0 Å². The molecule has 0 bridgehead atoms. The Kier molecular flexibility index (Phi) is 4.44. The standard InChI is InChI=1S/C17H26BNO3Si/c1-16(2)17(3,4)22-18(21-16)14-11-13(9-10-23(6,7)8)15(20)19(5)12-14/h11-12H,1-8H3. The molecule has 124 valence electrons. The van der Waals surface area contributed by atoms with Crippen LogP contribution in [0.1, 0.15) is 33.3 Å². The molecule has 0 saturated carbocycles. The van der Waals surface area contributed by atoms with Gasteiger partial charge >= 0.3 is 7.12 Å². The third-order valence-corrected chi connectivity index (χ3v) is 5.18.